The molecule has 0 spiro atoms. The summed E-state index contributed by atoms with van der Waals surface area (Å²) in [5.74, 6) is 0.0697. The van der Waals surface area contributed by atoms with Gasteiger partial charge >= 0.3 is 0 Å². The summed E-state index contributed by atoms with van der Waals surface area (Å²) in [5.41, 5.74) is 0.641. The van der Waals surface area contributed by atoms with Crippen molar-refractivity contribution < 1.29 is 9.53 Å². The second kappa shape index (κ2) is 5.01. The summed E-state index contributed by atoms with van der Waals surface area (Å²) in [4.78, 5) is 16.9. The lowest BCUT2D eigenvalue weighted by Gasteiger charge is -2.30. The Hall–Kier alpha value is -0.810. The molecule has 0 aromatic carbocycles. The average molecular weight is 287 g/mol. The first-order valence-electron chi connectivity index (χ1n) is 5.36. The summed E-state index contributed by atoms with van der Waals surface area (Å²) in [5, 5.41) is 0. The highest BCUT2D eigenvalue weighted by Crippen LogP contribution is 2.17. The number of hydrogen-bond donors (Lipinski definition) is 1. The molecule has 1 aliphatic heterocycles. The van der Waals surface area contributed by atoms with E-state index >= 15 is 0 Å². The Morgan fingerprint density at radius 3 is 2.75 bits per heavy atom. The van der Waals surface area contributed by atoms with E-state index in [1.807, 2.05) is 11.0 Å². The largest absolute Gasteiger partial charge is 0.381 e. The maximum atomic E-state index is 12.0. The quantitative estimate of drug-likeness (QED) is 0.904. The van der Waals surface area contributed by atoms with Crippen LogP contribution in [-0.2, 0) is 4.74 Å². The fraction of sp³-hybridized carbons (Fsp3) is 0.545. The molecule has 1 aromatic rings. The van der Waals surface area contributed by atoms with E-state index < -0.39 is 0 Å². The number of ether oxygens (including phenoxy) is 1. The van der Waals surface area contributed by atoms with Crippen molar-refractivity contribution in [1.29, 1.82) is 0 Å². The monoisotopic (exact) mass is 286 g/mol. The number of amides is 1. The maximum absolute atomic E-state index is 12.0. The number of aromatic amines is 1. The van der Waals surface area contributed by atoms with E-state index in [1.54, 1.807) is 13.3 Å². The molecule has 1 aliphatic rings. The number of rotatable bonds is 2. The standard InChI is InChI=1S/C11H15BrN2O2/c1-16-9-2-4-14(5-3-9)11(15)10-6-8(12)7-13-10/h6-7,9,13H,2-5H2,1H3. The van der Waals surface area contributed by atoms with Gasteiger partial charge in [0.1, 0.15) is 5.69 Å². The van der Waals surface area contributed by atoms with Crippen molar-refractivity contribution >= 4 is 21.8 Å². The Bertz CT molecular complexity index is 370. The van der Waals surface area contributed by atoms with Crippen LogP contribution >= 0.6 is 15.9 Å². The molecule has 5 heteroatoms. The van der Waals surface area contributed by atoms with Gasteiger partial charge in [0.2, 0.25) is 0 Å². The van der Waals surface area contributed by atoms with Crippen LogP contribution in [0.25, 0.3) is 0 Å². The van der Waals surface area contributed by atoms with Gasteiger partial charge in [-0.3, -0.25) is 4.79 Å². The van der Waals surface area contributed by atoms with Crippen molar-refractivity contribution in [3.63, 3.8) is 0 Å². The normalized spacial score (nSPS) is 17.8. The molecule has 16 heavy (non-hydrogen) atoms. The third kappa shape index (κ3) is 2.47. The maximum Gasteiger partial charge on any atom is 0.270 e. The minimum absolute atomic E-state index is 0.0697. The van der Waals surface area contributed by atoms with E-state index in [-0.39, 0.29) is 5.91 Å². The van der Waals surface area contributed by atoms with E-state index in [0.717, 1.165) is 30.4 Å². The van der Waals surface area contributed by atoms with Crippen molar-refractivity contribution in [2.24, 2.45) is 0 Å². The Kier molecular flexibility index (Phi) is 3.66. The van der Waals surface area contributed by atoms with Crippen LogP contribution in [0, 0.1) is 0 Å². The molecule has 0 radical (unpaired) electrons. The highest BCUT2D eigenvalue weighted by molar-refractivity contribution is 9.10. The number of halogens is 1. The summed E-state index contributed by atoms with van der Waals surface area (Å²) in [6.07, 6.45) is 3.92. The van der Waals surface area contributed by atoms with Gasteiger partial charge in [0.05, 0.1) is 6.10 Å². The van der Waals surface area contributed by atoms with E-state index in [9.17, 15) is 4.79 Å². The number of H-pyrrole nitrogens is 1. The summed E-state index contributed by atoms with van der Waals surface area (Å²) in [6, 6.07) is 1.81. The van der Waals surface area contributed by atoms with Crippen LogP contribution < -0.4 is 0 Å². The van der Waals surface area contributed by atoms with Crippen molar-refractivity contribution in [3.8, 4) is 0 Å². The molecule has 1 amide bonds. The second-order valence-corrected chi connectivity index (χ2v) is 4.87. The van der Waals surface area contributed by atoms with Crippen molar-refractivity contribution in [1.82, 2.24) is 9.88 Å². The van der Waals surface area contributed by atoms with Crippen LogP contribution in [0.5, 0.6) is 0 Å². The van der Waals surface area contributed by atoms with E-state index in [4.69, 9.17) is 4.74 Å². The third-order valence-corrected chi connectivity index (χ3v) is 3.40. The summed E-state index contributed by atoms with van der Waals surface area (Å²) in [6.45, 7) is 1.54. The van der Waals surface area contributed by atoms with Crippen molar-refractivity contribution in [2.45, 2.75) is 18.9 Å². The number of methoxy groups -OCH3 is 1. The van der Waals surface area contributed by atoms with Gasteiger partial charge in [-0.1, -0.05) is 0 Å². The average Bonchev–Trinajstić information content (AvgIpc) is 2.75. The molecule has 2 rings (SSSR count). The Balaban J connectivity index is 1.96. The lowest BCUT2D eigenvalue weighted by molar-refractivity contribution is 0.0348. The fourth-order valence-corrected chi connectivity index (χ4v) is 2.30. The number of piperidine rings is 1. The second-order valence-electron chi connectivity index (χ2n) is 3.96. The highest BCUT2D eigenvalue weighted by Gasteiger charge is 2.23. The predicted molar refractivity (Wildman–Crippen MR) is 64.4 cm³/mol. The first-order valence-corrected chi connectivity index (χ1v) is 6.16. The zero-order valence-corrected chi connectivity index (χ0v) is 10.8. The Morgan fingerprint density at radius 1 is 1.56 bits per heavy atom. The molecule has 1 saturated heterocycles. The van der Waals surface area contributed by atoms with Gasteiger partial charge in [-0.15, -0.1) is 0 Å². The van der Waals surface area contributed by atoms with E-state index in [1.165, 1.54) is 0 Å². The molecule has 0 bridgehead atoms. The summed E-state index contributed by atoms with van der Waals surface area (Å²) >= 11 is 3.32. The zero-order valence-electron chi connectivity index (χ0n) is 9.20. The van der Waals surface area contributed by atoms with Gasteiger partial charge in [-0.2, -0.15) is 0 Å². The topological polar surface area (TPSA) is 45.3 Å². The van der Waals surface area contributed by atoms with Crippen LogP contribution in [0.3, 0.4) is 0 Å². The van der Waals surface area contributed by atoms with Crippen molar-refractivity contribution in [3.05, 3.63) is 22.4 Å². The van der Waals surface area contributed by atoms with Crippen LogP contribution in [0.1, 0.15) is 23.3 Å². The van der Waals surface area contributed by atoms with Crippen LogP contribution in [-0.4, -0.2) is 42.1 Å². The number of nitrogens with one attached hydrogen (secondary N) is 1. The molecule has 0 unspecified atom stereocenters. The molecule has 2 heterocycles. The molecule has 4 nitrogen and oxygen atoms in total. The smallest absolute Gasteiger partial charge is 0.270 e. The Labute approximate surface area is 103 Å². The minimum Gasteiger partial charge on any atom is -0.381 e. The predicted octanol–water partition coefficient (Wildman–Crippen LogP) is 2.03. The molecular weight excluding hydrogens is 272 g/mol. The zero-order chi connectivity index (χ0) is 11.5. The first-order chi connectivity index (χ1) is 7.70. The highest BCUT2D eigenvalue weighted by atomic mass is 79.9. The SMILES string of the molecule is COC1CCN(C(=O)c2cc(Br)c[nH]2)CC1. The van der Waals surface area contributed by atoms with E-state index in [0.29, 0.717) is 11.8 Å². The molecular formula is C11H15BrN2O2. The van der Waals surface area contributed by atoms with Gasteiger partial charge in [0.15, 0.2) is 0 Å². The number of nitrogens with zero attached hydrogens (tertiary/aromatic N) is 1. The lowest BCUT2D eigenvalue weighted by Crippen LogP contribution is -2.40. The molecule has 0 aliphatic carbocycles. The number of aromatic nitrogens is 1. The Morgan fingerprint density at radius 2 is 2.25 bits per heavy atom. The van der Waals surface area contributed by atoms with Crippen LogP contribution in [0.15, 0.2) is 16.7 Å². The van der Waals surface area contributed by atoms with Gasteiger partial charge < -0.3 is 14.6 Å². The van der Waals surface area contributed by atoms with Crippen molar-refractivity contribution in [2.75, 3.05) is 20.2 Å². The molecule has 88 valence electrons. The molecule has 0 saturated carbocycles. The molecule has 0 atom stereocenters. The number of carbonyl (C=O) groups is 1. The van der Waals surface area contributed by atoms with Gasteiger partial charge in [0.25, 0.3) is 5.91 Å². The molecule has 1 aromatic heterocycles. The molecule has 1 N–H and O–H groups in total. The molecule has 1 fully saturated rings. The van der Waals surface area contributed by atoms with E-state index in [2.05, 4.69) is 20.9 Å². The van der Waals surface area contributed by atoms with Crippen LogP contribution in [0.2, 0.25) is 0 Å². The third-order valence-electron chi connectivity index (χ3n) is 2.94. The van der Waals surface area contributed by atoms with Crippen LogP contribution in [0.4, 0.5) is 0 Å². The number of hydrogen-bond acceptors (Lipinski definition) is 2. The van der Waals surface area contributed by atoms with Gasteiger partial charge in [-0.25, -0.2) is 0 Å². The minimum atomic E-state index is 0.0697. The lowest BCUT2D eigenvalue weighted by atomic mass is 10.1. The fourth-order valence-electron chi connectivity index (χ4n) is 1.96. The summed E-state index contributed by atoms with van der Waals surface area (Å²) in [7, 11) is 1.73. The summed E-state index contributed by atoms with van der Waals surface area (Å²) < 4.78 is 6.18. The van der Waals surface area contributed by atoms with Gasteiger partial charge in [0, 0.05) is 30.9 Å². The first kappa shape index (κ1) is 11.7. The number of carbonyl (C=O) groups excluding carboxylic acids is 1. The van der Waals surface area contributed by atoms with Gasteiger partial charge in [-0.05, 0) is 34.8 Å². The number of likely N-dealkylation sites (tertiary alicyclic amines) is 1.